The second-order valence-corrected chi connectivity index (χ2v) is 10.2. The number of halogens is 1. The van der Waals surface area contributed by atoms with Crippen LogP contribution >= 0.6 is 0 Å². The van der Waals surface area contributed by atoms with Crippen molar-refractivity contribution < 1.29 is 28.3 Å². The van der Waals surface area contributed by atoms with Gasteiger partial charge in [-0.2, -0.15) is 0 Å². The third-order valence-electron chi connectivity index (χ3n) is 7.26. The van der Waals surface area contributed by atoms with Crippen LogP contribution < -0.4 is 5.32 Å². The van der Waals surface area contributed by atoms with Crippen LogP contribution in [0.5, 0.6) is 0 Å². The van der Waals surface area contributed by atoms with Crippen LogP contribution in [0.15, 0.2) is 36.4 Å². The third kappa shape index (κ3) is 4.64. The number of ketones is 1. The fraction of sp³-hybridized carbons (Fsp3) is 0.407. The maximum Gasteiger partial charge on any atom is 0.325 e. The average Bonchev–Trinajstić information content (AvgIpc) is 3.34. The summed E-state index contributed by atoms with van der Waals surface area (Å²) >= 11 is 0. The van der Waals surface area contributed by atoms with Gasteiger partial charge in [-0.1, -0.05) is 0 Å². The minimum absolute atomic E-state index is 0.0546. The number of pyridine rings is 1. The van der Waals surface area contributed by atoms with E-state index in [-0.39, 0.29) is 32.3 Å². The first kappa shape index (κ1) is 25.5. The molecule has 0 radical (unpaired) electrons. The summed E-state index contributed by atoms with van der Waals surface area (Å²) in [6.07, 6.45) is 0.732. The zero-order valence-corrected chi connectivity index (χ0v) is 21.4. The molecule has 1 aromatic carbocycles. The van der Waals surface area contributed by atoms with Gasteiger partial charge in [-0.05, 0) is 75.9 Å². The monoisotopic (exact) mass is 521 g/mol. The Balaban J connectivity index is 1.36. The minimum Gasteiger partial charge on any atom is -0.458 e. The highest BCUT2D eigenvalue weighted by Gasteiger charge is 2.54. The number of rotatable bonds is 6. The van der Waals surface area contributed by atoms with Gasteiger partial charge in [-0.3, -0.25) is 23.9 Å². The van der Waals surface area contributed by atoms with E-state index >= 15 is 0 Å². The number of nitrogens with one attached hydrogen (secondary N) is 1. The Hall–Kier alpha value is -4.15. The number of alkyl halides is 1. The van der Waals surface area contributed by atoms with Gasteiger partial charge < -0.3 is 10.1 Å². The predicted octanol–water partition coefficient (Wildman–Crippen LogP) is 3.57. The molecule has 3 aromatic rings. The first-order chi connectivity index (χ1) is 18.0. The lowest BCUT2D eigenvalue weighted by Crippen LogP contribution is -2.52. The first-order valence-corrected chi connectivity index (χ1v) is 12.4. The summed E-state index contributed by atoms with van der Waals surface area (Å²) in [7, 11) is 0. The van der Waals surface area contributed by atoms with Gasteiger partial charge in [0.05, 0.1) is 6.54 Å². The van der Waals surface area contributed by atoms with Gasteiger partial charge in [0.1, 0.15) is 23.3 Å². The molecule has 0 atom stereocenters. The molecule has 10 nitrogen and oxygen atoms in total. The molecular weight excluding hydrogens is 493 g/mol. The van der Waals surface area contributed by atoms with Crippen LogP contribution in [0, 0.1) is 6.92 Å². The second-order valence-electron chi connectivity index (χ2n) is 10.2. The number of imidazole rings is 1. The lowest BCUT2D eigenvalue weighted by Gasteiger charge is -2.36. The van der Waals surface area contributed by atoms with E-state index in [1.54, 1.807) is 28.8 Å². The van der Waals surface area contributed by atoms with E-state index in [0.29, 0.717) is 28.2 Å². The van der Waals surface area contributed by atoms with Crippen LogP contribution in [-0.2, 0) is 20.9 Å². The Kier molecular flexibility index (Phi) is 6.24. The van der Waals surface area contributed by atoms with Crippen LogP contribution in [-0.4, -0.2) is 60.9 Å². The number of carbonyl (C=O) groups is 4. The number of esters is 1. The van der Waals surface area contributed by atoms with E-state index in [1.165, 1.54) is 13.8 Å². The molecule has 5 rings (SSSR count). The first-order valence-electron chi connectivity index (χ1n) is 12.4. The Morgan fingerprint density at radius 3 is 2.39 bits per heavy atom. The highest BCUT2D eigenvalue weighted by Crippen LogP contribution is 2.40. The van der Waals surface area contributed by atoms with E-state index in [0.717, 1.165) is 10.6 Å². The normalized spacial score (nSPS) is 23.2. The van der Waals surface area contributed by atoms with Crippen molar-refractivity contribution in [3.05, 3.63) is 53.5 Å². The van der Waals surface area contributed by atoms with Crippen molar-refractivity contribution >= 4 is 34.9 Å². The Labute approximate surface area is 218 Å². The number of hydrogen-bond acceptors (Lipinski definition) is 7. The molecule has 1 N–H and O–H groups in total. The van der Waals surface area contributed by atoms with Crippen molar-refractivity contribution in [1.29, 1.82) is 0 Å². The molecule has 38 heavy (non-hydrogen) atoms. The number of fused-ring (bicyclic) bond motifs is 1. The molecule has 1 saturated heterocycles. The topological polar surface area (TPSA) is 123 Å². The highest BCUT2D eigenvalue weighted by molar-refractivity contribution is 6.11. The molecule has 0 unspecified atom stereocenters. The van der Waals surface area contributed by atoms with Crippen LogP contribution in [0.25, 0.3) is 16.9 Å². The fourth-order valence-electron chi connectivity index (χ4n) is 5.02. The molecule has 11 heteroatoms. The molecule has 2 aromatic heterocycles. The molecular formula is C27H28FN5O5. The van der Waals surface area contributed by atoms with Crippen molar-refractivity contribution in [1.82, 2.24) is 24.8 Å². The number of aryl methyl sites for hydroxylation is 1. The molecule has 2 aliphatic rings. The van der Waals surface area contributed by atoms with Gasteiger partial charge in [-0.25, -0.2) is 19.2 Å². The number of urea groups is 1. The van der Waals surface area contributed by atoms with Gasteiger partial charge in [0, 0.05) is 23.9 Å². The highest BCUT2D eigenvalue weighted by atomic mass is 19.1. The number of imide groups is 1. The zero-order valence-electron chi connectivity index (χ0n) is 21.4. The number of aromatic nitrogens is 3. The predicted molar refractivity (Wildman–Crippen MR) is 134 cm³/mol. The van der Waals surface area contributed by atoms with Crippen molar-refractivity contribution in [3.63, 3.8) is 0 Å². The zero-order chi connectivity index (χ0) is 27.2. The molecule has 1 saturated carbocycles. The maximum absolute atomic E-state index is 14.3. The molecule has 1 spiro atoms. The Morgan fingerprint density at radius 1 is 1.05 bits per heavy atom. The van der Waals surface area contributed by atoms with Gasteiger partial charge in [0.25, 0.3) is 5.91 Å². The second kappa shape index (κ2) is 9.30. The minimum atomic E-state index is -1.37. The number of hydrogen-bond donors (Lipinski definition) is 1. The summed E-state index contributed by atoms with van der Waals surface area (Å²) in [6.45, 7) is 4.20. The molecule has 3 amide bonds. The molecule has 2 fully saturated rings. The van der Waals surface area contributed by atoms with E-state index in [9.17, 15) is 23.6 Å². The average molecular weight is 522 g/mol. The summed E-state index contributed by atoms with van der Waals surface area (Å²) < 4.78 is 21.2. The number of amides is 3. The Morgan fingerprint density at radius 2 is 1.74 bits per heavy atom. The molecule has 3 heterocycles. The summed E-state index contributed by atoms with van der Waals surface area (Å²) in [5, 5.41) is 2.70. The van der Waals surface area contributed by atoms with Crippen LogP contribution in [0.4, 0.5) is 9.18 Å². The van der Waals surface area contributed by atoms with Gasteiger partial charge >= 0.3 is 12.0 Å². The third-order valence-corrected chi connectivity index (χ3v) is 7.26. The van der Waals surface area contributed by atoms with Crippen molar-refractivity contribution in [2.45, 2.75) is 64.3 Å². The van der Waals surface area contributed by atoms with Gasteiger partial charge in [0.15, 0.2) is 17.3 Å². The fourth-order valence-corrected chi connectivity index (χ4v) is 5.02. The summed E-state index contributed by atoms with van der Waals surface area (Å²) in [5.74, 6) is -0.867. The maximum atomic E-state index is 14.3. The van der Waals surface area contributed by atoms with E-state index in [2.05, 4.69) is 15.3 Å². The van der Waals surface area contributed by atoms with E-state index in [1.807, 2.05) is 19.1 Å². The van der Waals surface area contributed by atoms with Crippen LogP contribution in [0.2, 0.25) is 0 Å². The summed E-state index contributed by atoms with van der Waals surface area (Å²) in [6, 6.07) is 9.62. The number of ether oxygens (including phenoxy) is 1. The number of carbonyl (C=O) groups excluding carboxylic acids is 4. The molecule has 0 bridgehead atoms. The molecule has 1 aliphatic carbocycles. The van der Waals surface area contributed by atoms with Crippen molar-refractivity contribution in [3.8, 4) is 5.69 Å². The van der Waals surface area contributed by atoms with Crippen LogP contribution in [0.1, 0.15) is 61.4 Å². The smallest absolute Gasteiger partial charge is 0.325 e. The standard InChI is InChI=1S/C27H28FN5O5/c1-16-4-9-20-23(29-16)33(22(30-20)15-38-17(2)34)19-7-5-18(6-8-19)21(35)14-32-24(36)27(31-25(32)37)12-10-26(3,28)11-13-27/h4-9H,10-15H2,1-3H3,(H,31,37). The van der Waals surface area contributed by atoms with Crippen molar-refractivity contribution in [2.24, 2.45) is 0 Å². The van der Waals surface area contributed by atoms with E-state index < -0.39 is 41.4 Å². The van der Waals surface area contributed by atoms with Gasteiger partial charge in [0.2, 0.25) is 0 Å². The summed E-state index contributed by atoms with van der Waals surface area (Å²) in [4.78, 5) is 60.1. The SMILES string of the molecule is CC(=O)OCc1nc2ccc(C)nc2n1-c1ccc(C(=O)CN2C(=O)NC3(CCC(C)(F)CC3)C2=O)cc1. The number of Topliss-reactive ketones (excluding diaryl/α,β-unsaturated/α-hetero) is 1. The largest absolute Gasteiger partial charge is 0.458 e. The molecule has 198 valence electrons. The summed E-state index contributed by atoms with van der Waals surface area (Å²) in [5.41, 5.74) is 0.436. The van der Waals surface area contributed by atoms with Gasteiger partial charge in [-0.15, -0.1) is 0 Å². The lowest BCUT2D eigenvalue weighted by atomic mass is 9.75. The number of nitrogens with zero attached hydrogens (tertiary/aromatic N) is 4. The quantitative estimate of drug-likeness (QED) is 0.299. The number of benzene rings is 1. The lowest BCUT2D eigenvalue weighted by molar-refractivity contribution is -0.142. The molecule has 1 aliphatic heterocycles. The van der Waals surface area contributed by atoms with E-state index in [4.69, 9.17) is 4.74 Å². The van der Waals surface area contributed by atoms with Crippen molar-refractivity contribution in [2.75, 3.05) is 6.54 Å². The Bertz CT molecular complexity index is 1450. The van der Waals surface area contributed by atoms with Crippen LogP contribution in [0.3, 0.4) is 0 Å².